The monoisotopic (exact) mass is 369 g/mol. The van der Waals surface area contributed by atoms with Crippen molar-refractivity contribution in [1.29, 1.82) is 0 Å². The van der Waals surface area contributed by atoms with Crippen LogP contribution >= 0.6 is 0 Å². The number of nitrogens with one attached hydrogen (secondary N) is 1. The van der Waals surface area contributed by atoms with E-state index in [0.717, 1.165) is 12.2 Å². The fourth-order valence-electron chi connectivity index (χ4n) is 1.95. The second kappa shape index (κ2) is 8.39. The Kier molecular flexibility index (Phi) is 6.00. The molecule has 1 amide bonds. The zero-order valence-corrected chi connectivity index (χ0v) is 14.3. The van der Waals surface area contributed by atoms with Gasteiger partial charge in [0.05, 0.1) is 4.92 Å². The lowest BCUT2D eigenvalue weighted by Gasteiger charge is -2.12. The molecule has 0 radical (unpaired) electrons. The number of esters is 1. The topological polar surface area (TPSA) is 121 Å². The number of pyridine rings is 1. The second-order valence-corrected chi connectivity index (χ2v) is 5.18. The highest BCUT2D eigenvalue weighted by Crippen LogP contribution is 2.37. The molecule has 1 N–H and O–H groups in total. The van der Waals surface area contributed by atoms with Crippen LogP contribution in [0.4, 0.5) is 11.4 Å². The van der Waals surface area contributed by atoms with E-state index in [9.17, 15) is 19.7 Å². The fourth-order valence-corrected chi connectivity index (χ4v) is 1.95. The van der Waals surface area contributed by atoms with Crippen LogP contribution < -0.4 is 14.8 Å². The molecule has 2 rings (SSSR count). The highest BCUT2D eigenvalue weighted by atomic mass is 16.6. The Labute approximate surface area is 154 Å². The zero-order valence-electron chi connectivity index (χ0n) is 14.3. The highest BCUT2D eigenvalue weighted by molar-refractivity contribution is 5.99. The molecule has 0 bridgehead atoms. The first-order chi connectivity index (χ1) is 12.8. The summed E-state index contributed by atoms with van der Waals surface area (Å²) in [6, 6.07) is 5.45. The molecule has 1 aromatic heterocycles. The molecule has 1 aromatic carbocycles. The average Bonchev–Trinajstić information content (AvgIpc) is 2.64. The van der Waals surface area contributed by atoms with E-state index in [1.807, 2.05) is 0 Å². The van der Waals surface area contributed by atoms with Gasteiger partial charge >= 0.3 is 11.7 Å². The van der Waals surface area contributed by atoms with Crippen molar-refractivity contribution in [2.24, 2.45) is 0 Å². The van der Waals surface area contributed by atoms with Crippen molar-refractivity contribution in [2.75, 3.05) is 5.32 Å². The molecule has 2 aromatic rings. The average molecular weight is 369 g/mol. The van der Waals surface area contributed by atoms with E-state index >= 15 is 0 Å². The number of nitro groups is 1. The van der Waals surface area contributed by atoms with Crippen molar-refractivity contribution in [3.05, 3.63) is 71.4 Å². The van der Waals surface area contributed by atoms with Crippen molar-refractivity contribution in [2.45, 2.75) is 6.92 Å². The standard InChI is InChI=1S/C18H15N3O6/c1-4-16(22)20-12-6-7-14(15(9-12)26-17(23)5-2)27-18-13(21(24)25)8-11(3)10-19-18/h4-10H,1-2H2,3H3,(H,20,22). The Morgan fingerprint density at radius 3 is 2.59 bits per heavy atom. The van der Waals surface area contributed by atoms with Crippen LogP contribution in [-0.4, -0.2) is 21.8 Å². The SMILES string of the molecule is C=CC(=O)Nc1ccc(Oc2ncc(C)cc2[N+](=O)[O-])c(OC(=O)C=C)c1. The predicted octanol–water partition coefficient (Wildman–Crippen LogP) is 3.31. The van der Waals surface area contributed by atoms with Crippen molar-refractivity contribution >= 4 is 23.3 Å². The third-order valence-corrected chi connectivity index (χ3v) is 3.15. The van der Waals surface area contributed by atoms with Crippen LogP contribution in [0.25, 0.3) is 0 Å². The predicted molar refractivity (Wildman–Crippen MR) is 96.8 cm³/mol. The molecular formula is C18H15N3O6. The minimum Gasteiger partial charge on any atom is -0.430 e. The molecule has 0 aliphatic carbocycles. The van der Waals surface area contributed by atoms with Gasteiger partial charge in [-0.1, -0.05) is 13.2 Å². The number of carbonyl (C=O) groups is 2. The van der Waals surface area contributed by atoms with E-state index in [-0.39, 0.29) is 23.1 Å². The van der Waals surface area contributed by atoms with Gasteiger partial charge in [-0.2, -0.15) is 0 Å². The Balaban J connectivity index is 2.44. The molecule has 27 heavy (non-hydrogen) atoms. The van der Waals surface area contributed by atoms with E-state index in [4.69, 9.17) is 9.47 Å². The molecule has 1 heterocycles. The number of hydrogen-bond acceptors (Lipinski definition) is 7. The van der Waals surface area contributed by atoms with E-state index < -0.39 is 16.8 Å². The number of nitrogens with zero attached hydrogens (tertiary/aromatic N) is 2. The molecule has 9 heteroatoms. The normalized spacial score (nSPS) is 9.81. The van der Waals surface area contributed by atoms with Crippen LogP contribution in [0.1, 0.15) is 5.56 Å². The number of ether oxygens (including phenoxy) is 2. The van der Waals surface area contributed by atoms with Crippen LogP contribution in [0, 0.1) is 17.0 Å². The number of carbonyl (C=O) groups excluding carboxylic acids is 2. The molecule has 0 saturated carbocycles. The molecular weight excluding hydrogens is 354 g/mol. The number of anilines is 1. The molecule has 0 aliphatic rings. The van der Waals surface area contributed by atoms with E-state index in [1.165, 1.54) is 30.5 Å². The quantitative estimate of drug-likeness (QED) is 0.261. The summed E-state index contributed by atoms with van der Waals surface area (Å²) in [5.41, 5.74) is 0.528. The van der Waals surface area contributed by atoms with E-state index in [2.05, 4.69) is 23.5 Å². The maximum atomic E-state index is 11.6. The molecule has 0 saturated heterocycles. The number of benzene rings is 1. The number of rotatable bonds is 7. The van der Waals surface area contributed by atoms with E-state index in [0.29, 0.717) is 11.3 Å². The lowest BCUT2D eigenvalue weighted by Crippen LogP contribution is -2.09. The summed E-state index contributed by atoms with van der Waals surface area (Å²) in [5, 5.41) is 13.7. The van der Waals surface area contributed by atoms with Crippen LogP contribution in [-0.2, 0) is 9.59 Å². The summed E-state index contributed by atoms with van der Waals surface area (Å²) < 4.78 is 10.6. The van der Waals surface area contributed by atoms with Gasteiger partial charge in [-0.25, -0.2) is 9.78 Å². The van der Waals surface area contributed by atoms with Crippen molar-refractivity contribution in [1.82, 2.24) is 4.98 Å². The first-order valence-corrected chi connectivity index (χ1v) is 7.54. The van der Waals surface area contributed by atoms with Gasteiger partial charge in [0.2, 0.25) is 5.91 Å². The summed E-state index contributed by atoms with van der Waals surface area (Å²) in [6.07, 6.45) is 3.40. The molecule has 0 spiro atoms. The lowest BCUT2D eigenvalue weighted by atomic mass is 10.2. The van der Waals surface area contributed by atoms with Gasteiger partial charge in [0.1, 0.15) is 0 Å². The Morgan fingerprint density at radius 1 is 1.22 bits per heavy atom. The second-order valence-electron chi connectivity index (χ2n) is 5.18. The largest absolute Gasteiger partial charge is 0.430 e. The van der Waals surface area contributed by atoms with Gasteiger partial charge in [0.15, 0.2) is 11.5 Å². The van der Waals surface area contributed by atoms with Crippen molar-refractivity contribution < 1.29 is 24.0 Å². The summed E-state index contributed by atoms with van der Waals surface area (Å²) in [4.78, 5) is 37.5. The summed E-state index contributed by atoms with van der Waals surface area (Å²) in [5.74, 6) is -1.62. The minimum absolute atomic E-state index is 0.0127. The summed E-state index contributed by atoms with van der Waals surface area (Å²) in [7, 11) is 0. The lowest BCUT2D eigenvalue weighted by molar-refractivity contribution is -0.386. The smallest absolute Gasteiger partial charge is 0.335 e. The molecule has 0 fully saturated rings. The summed E-state index contributed by atoms with van der Waals surface area (Å²) in [6.45, 7) is 8.29. The Morgan fingerprint density at radius 2 is 1.96 bits per heavy atom. The maximum absolute atomic E-state index is 11.6. The molecule has 9 nitrogen and oxygen atoms in total. The van der Waals surface area contributed by atoms with Crippen molar-refractivity contribution in [3.8, 4) is 17.4 Å². The molecule has 0 atom stereocenters. The Bertz CT molecular complexity index is 939. The third kappa shape index (κ3) is 4.98. The van der Waals surface area contributed by atoms with Crippen LogP contribution in [0.3, 0.4) is 0 Å². The van der Waals surface area contributed by atoms with Gasteiger partial charge < -0.3 is 14.8 Å². The van der Waals surface area contributed by atoms with Crippen LogP contribution in [0.2, 0.25) is 0 Å². The number of amides is 1. The van der Waals surface area contributed by atoms with Gasteiger partial charge in [-0.3, -0.25) is 14.9 Å². The highest BCUT2D eigenvalue weighted by Gasteiger charge is 2.20. The maximum Gasteiger partial charge on any atom is 0.335 e. The van der Waals surface area contributed by atoms with Crippen molar-refractivity contribution in [3.63, 3.8) is 0 Å². The molecule has 138 valence electrons. The van der Waals surface area contributed by atoms with E-state index in [1.54, 1.807) is 6.92 Å². The summed E-state index contributed by atoms with van der Waals surface area (Å²) >= 11 is 0. The number of aryl methyl sites for hydroxylation is 1. The van der Waals surface area contributed by atoms with Gasteiger partial charge in [0.25, 0.3) is 5.88 Å². The minimum atomic E-state index is -0.779. The number of hydrogen-bond donors (Lipinski definition) is 1. The van der Waals surface area contributed by atoms with Crippen LogP contribution in [0.15, 0.2) is 55.8 Å². The molecule has 0 unspecified atom stereocenters. The Hall–Kier alpha value is -4.01. The van der Waals surface area contributed by atoms with Gasteiger partial charge in [0, 0.05) is 30.1 Å². The zero-order chi connectivity index (χ0) is 20.0. The van der Waals surface area contributed by atoms with Gasteiger partial charge in [-0.05, 0) is 30.7 Å². The first-order valence-electron chi connectivity index (χ1n) is 7.54. The number of aromatic nitrogens is 1. The molecule has 0 aliphatic heterocycles. The van der Waals surface area contributed by atoms with Crippen LogP contribution in [0.5, 0.6) is 17.4 Å². The fraction of sp³-hybridized carbons (Fsp3) is 0.0556. The first kappa shape index (κ1) is 19.3. The van der Waals surface area contributed by atoms with Gasteiger partial charge in [-0.15, -0.1) is 0 Å². The third-order valence-electron chi connectivity index (χ3n) is 3.15.